The van der Waals surface area contributed by atoms with Crippen LogP contribution in [0.1, 0.15) is 41.0 Å². The van der Waals surface area contributed by atoms with Crippen LogP contribution in [0.15, 0.2) is 24.4 Å². The number of aromatic nitrogens is 2. The van der Waals surface area contributed by atoms with Crippen molar-refractivity contribution in [2.45, 2.75) is 58.8 Å². The van der Waals surface area contributed by atoms with Crippen LogP contribution in [-0.2, 0) is 15.9 Å². The van der Waals surface area contributed by atoms with Gasteiger partial charge in [-0.2, -0.15) is 5.10 Å². The van der Waals surface area contributed by atoms with Gasteiger partial charge < -0.3 is 9.31 Å². The maximum Gasteiger partial charge on any atom is 0.494 e. The maximum absolute atomic E-state index is 6.10. The number of fused-ring (bicyclic) bond motifs is 1. The Bertz CT molecular complexity index is 647. The zero-order chi connectivity index (χ0) is 15.3. The fourth-order valence-corrected chi connectivity index (χ4v) is 2.56. The molecule has 1 aromatic carbocycles. The van der Waals surface area contributed by atoms with Gasteiger partial charge in [0.05, 0.1) is 16.7 Å². The van der Waals surface area contributed by atoms with E-state index < -0.39 is 0 Å². The topological polar surface area (TPSA) is 36.3 Å². The Morgan fingerprint density at radius 2 is 1.81 bits per heavy atom. The molecule has 2 heterocycles. The van der Waals surface area contributed by atoms with E-state index in [1.165, 1.54) is 0 Å². The first-order valence-corrected chi connectivity index (χ1v) is 7.65. The second-order valence-corrected chi connectivity index (χ2v) is 6.80. The Morgan fingerprint density at radius 1 is 1.14 bits per heavy atom. The highest BCUT2D eigenvalue weighted by Crippen LogP contribution is 2.36. The summed E-state index contributed by atoms with van der Waals surface area (Å²) in [7, 11) is -0.311. The zero-order valence-electron chi connectivity index (χ0n) is 13.5. The van der Waals surface area contributed by atoms with Gasteiger partial charge in [-0.3, -0.25) is 4.68 Å². The molecule has 1 saturated heterocycles. The second-order valence-electron chi connectivity index (χ2n) is 6.80. The normalized spacial score (nSPS) is 20.3. The molecule has 0 unspecified atom stereocenters. The minimum absolute atomic E-state index is 0.307. The van der Waals surface area contributed by atoms with E-state index in [0.29, 0.717) is 0 Å². The molecule has 0 N–H and O–H groups in total. The van der Waals surface area contributed by atoms with E-state index in [0.717, 1.165) is 29.3 Å². The number of nitrogens with zero attached hydrogens (tertiary/aromatic N) is 2. The monoisotopic (exact) mass is 286 g/mol. The minimum Gasteiger partial charge on any atom is -0.399 e. The fraction of sp³-hybridized carbons (Fsp3) is 0.562. The Morgan fingerprint density at radius 3 is 2.43 bits per heavy atom. The molecule has 1 aliphatic heterocycles. The van der Waals surface area contributed by atoms with E-state index in [2.05, 4.69) is 52.0 Å². The van der Waals surface area contributed by atoms with Gasteiger partial charge in [0.2, 0.25) is 0 Å². The van der Waals surface area contributed by atoms with E-state index in [-0.39, 0.29) is 18.3 Å². The van der Waals surface area contributed by atoms with Gasteiger partial charge in [0.1, 0.15) is 0 Å². The van der Waals surface area contributed by atoms with Crippen LogP contribution in [0.5, 0.6) is 0 Å². The molecule has 0 saturated carbocycles. The van der Waals surface area contributed by atoms with Crippen LogP contribution in [0.25, 0.3) is 10.9 Å². The van der Waals surface area contributed by atoms with Gasteiger partial charge in [-0.1, -0.05) is 19.1 Å². The number of hydrogen-bond donors (Lipinski definition) is 0. The van der Waals surface area contributed by atoms with E-state index >= 15 is 0 Å². The van der Waals surface area contributed by atoms with Gasteiger partial charge in [-0.25, -0.2) is 0 Å². The Kier molecular flexibility index (Phi) is 3.37. The predicted octanol–water partition coefficient (Wildman–Crippen LogP) is 2.75. The van der Waals surface area contributed by atoms with Crippen molar-refractivity contribution in [3.8, 4) is 0 Å². The molecule has 0 radical (unpaired) electrons. The molecule has 0 aliphatic carbocycles. The molecular formula is C16H23BN2O2. The lowest BCUT2D eigenvalue weighted by atomic mass is 9.79. The first kappa shape index (κ1) is 14.6. The summed E-state index contributed by atoms with van der Waals surface area (Å²) < 4.78 is 14.2. The van der Waals surface area contributed by atoms with Crippen LogP contribution in [0.4, 0.5) is 0 Å². The molecule has 21 heavy (non-hydrogen) atoms. The van der Waals surface area contributed by atoms with E-state index in [1.54, 1.807) is 0 Å². The lowest BCUT2D eigenvalue weighted by molar-refractivity contribution is 0.00578. The smallest absolute Gasteiger partial charge is 0.399 e. The third-order valence-corrected chi connectivity index (χ3v) is 4.55. The Hall–Kier alpha value is -1.33. The molecule has 1 fully saturated rings. The van der Waals surface area contributed by atoms with Gasteiger partial charge in [0.15, 0.2) is 0 Å². The standard InChI is InChI=1S/C16H23BN2O2/c1-6-9-19-11-12-10-13(7-8-14(12)18-19)17-20-15(2,3)16(4,5)21-17/h7-8,10-11H,6,9H2,1-5H3. The number of aryl methyl sites for hydroxylation is 1. The molecule has 1 aromatic heterocycles. The molecule has 0 amide bonds. The average Bonchev–Trinajstić information content (AvgIpc) is 2.87. The van der Waals surface area contributed by atoms with Gasteiger partial charge in [-0.15, -0.1) is 0 Å². The highest BCUT2D eigenvalue weighted by Gasteiger charge is 2.51. The zero-order valence-corrected chi connectivity index (χ0v) is 13.5. The lowest BCUT2D eigenvalue weighted by Gasteiger charge is -2.32. The Labute approximate surface area is 126 Å². The maximum atomic E-state index is 6.10. The molecule has 4 nitrogen and oxygen atoms in total. The number of rotatable bonds is 3. The van der Waals surface area contributed by atoms with Crippen LogP contribution in [0, 0.1) is 0 Å². The van der Waals surface area contributed by atoms with Crippen molar-refractivity contribution in [2.24, 2.45) is 0 Å². The third kappa shape index (κ3) is 2.49. The molecular weight excluding hydrogens is 263 g/mol. The summed E-state index contributed by atoms with van der Waals surface area (Å²) in [6, 6.07) is 6.21. The van der Waals surface area contributed by atoms with Gasteiger partial charge in [-0.05, 0) is 45.6 Å². The van der Waals surface area contributed by atoms with Crippen molar-refractivity contribution in [1.29, 1.82) is 0 Å². The second kappa shape index (κ2) is 4.85. The van der Waals surface area contributed by atoms with Crippen LogP contribution >= 0.6 is 0 Å². The first-order valence-electron chi connectivity index (χ1n) is 7.65. The molecule has 112 valence electrons. The summed E-state index contributed by atoms with van der Waals surface area (Å²) in [4.78, 5) is 0. The van der Waals surface area contributed by atoms with Crippen molar-refractivity contribution in [3.63, 3.8) is 0 Å². The molecule has 2 aromatic rings. The third-order valence-electron chi connectivity index (χ3n) is 4.55. The van der Waals surface area contributed by atoms with E-state index in [1.807, 2.05) is 16.8 Å². The van der Waals surface area contributed by atoms with Crippen molar-refractivity contribution in [2.75, 3.05) is 0 Å². The van der Waals surface area contributed by atoms with Gasteiger partial charge >= 0.3 is 7.12 Å². The first-order chi connectivity index (χ1) is 9.82. The summed E-state index contributed by atoms with van der Waals surface area (Å²) in [5, 5.41) is 5.70. The largest absolute Gasteiger partial charge is 0.494 e. The number of benzene rings is 1. The van der Waals surface area contributed by atoms with Gasteiger partial charge in [0, 0.05) is 18.1 Å². The summed E-state index contributed by atoms with van der Waals surface area (Å²) in [6.07, 6.45) is 3.17. The fourth-order valence-electron chi connectivity index (χ4n) is 2.56. The average molecular weight is 286 g/mol. The van der Waals surface area contributed by atoms with Crippen molar-refractivity contribution in [3.05, 3.63) is 24.4 Å². The van der Waals surface area contributed by atoms with Crippen molar-refractivity contribution >= 4 is 23.5 Å². The molecule has 5 heteroatoms. The quantitative estimate of drug-likeness (QED) is 0.814. The lowest BCUT2D eigenvalue weighted by Crippen LogP contribution is -2.41. The summed E-state index contributed by atoms with van der Waals surface area (Å²) in [5.41, 5.74) is 1.46. The van der Waals surface area contributed by atoms with Crippen LogP contribution in [-0.4, -0.2) is 28.1 Å². The highest BCUT2D eigenvalue weighted by atomic mass is 16.7. The van der Waals surface area contributed by atoms with E-state index in [9.17, 15) is 0 Å². The summed E-state index contributed by atoms with van der Waals surface area (Å²) >= 11 is 0. The molecule has 0 atom stereocenters. The molecule has 3 rings (SSSR count). The van der Waals surface area contributed by atoms with Crippen LogP contribution in [0.3, 0.4) is 0 Å². The predicted molar refractivity (Wildman–Crippen MR) is 85.7 cm³/mol. The van der Waals surface area contributed by atoms with Crippen molar-refractivity contribution < 1.29 is 9.31 Å². The highest BCUT2D eigenvalue weighted by molar-refractivity contribution is 6.62. The minimum atomic E-state index is -0.311. The van der Waals surface area contributed by atoms with Crippen molar-refractivity contribution in [1.82, 2.24) is 9.78 Å². The Balaban J connectivity index is 1.91. The molecule has 0 bridgehead atoms. The summed E-state index contributed by atoms with van der Waals surface area (Å²) in [5.74, 6) is 0. The van der Waals surface area contributed by atoms with E-state index in [4.69, 9.17) is 9.31 Å². The molecule has 0 spiro atoms. The molecule has 1 aliphatic rings. The van der Waals surface area contributed by atoms with Crippen LogP contribution in [0.2, 0.25) is 0 Å². The SMILES string of the molecule is CCCn1cc2cc(B3OC(C)(C)C(C)(C)O3)ccc2n1. The van der Waals surface area contributed by atoms with Crippen LogP contribution < -0.4 is 5.46 Å². The summed E-state index contributed by atoms with van der Waals surface area (Å²) in [6.45, 7) is 11.4. The van der Waals surface area contributed by atoms with Gasteiger partial charge in [0.25, 0.3) is 0 Å². The number of hydrogen-bond acceptors (Lipinski definition) is 3.